The van der Waals surface area contributed by atoms with Crippen LogP contribution in [0.2, 0.25) is 0 Å². The molecule has 0 saturated carbocycles. The van der Waals surface area contributed by atoms with Crippen LogP contribution >= 0.6 is 0 Å². The Balaban J connectivity index is 1.50. The zero-order valence-corrected chi connectivity index (χ0v) is 17.1. The van der Waals surface area contributed by atoms with Crippen LogP contribution < -0.4 is 4.90 Å². The highest BCUT2D eigenvalue weighted by molar-refractivity contribution is 5.77. The summed E-state index contributed by atoms with van der Waals surface area (Å²) >= 11 is 0. The third kappa shape index (κ3) is 4.26. The van der Waals surface area contributed by atoms with Crippen molar-refractivity contribution in [2.45, 2.75) is 39.3 Å². The lowest BCUT2D eigenvalue weighted by atomic mass is 10.1. The van der Waals surface area contributed by atoms with Gasteiger partial charge in [0.1, 0.15) is 6.54 Å². The molecule has 0 bridgehead atoms. The predicted octanol–water partition coefficient (Wildman–Crippen LogP) is 1.62. The van der Waals surface area contributed by atoms with E-state index in [1.807, 2.05) is 29.0 Å². The summed E-state index contributed by atoms with van der Waals surface area (Å²) in [5, 5.41) is 4.15. The van der Waals surface area contributed by atoms with Gasteiger partial charge in [-0.3, -0.25) is 19.3 Å². The minimum Gasteiger partial charge on any atom is -0.368 e. The number of aryl methyl sites for hydroxylation is 1. The Morgan fingerprint density at radius 2 is 1.93 bits per heavy atom. The molecule has 0 aromatic carbocycles. The van der Waals surface area contributed by atoms with E-state index < -0.39 is 0 Å². The van der Waals surface area contributed by atoms with Crippen molar-refractivity contribution in [1.82, 2.24) is 24.6 Å². The van der Waals surface area contributed by atoms with E-state index in [-0.39, 0.29) is 24.4 Å². The second kappa shape index (κ2) is 8.23. The number of likely N-dealkylation sites (tertiary alicyclic amines) is 1. The van der Waals surface area contributed by atoms with Crippen molar-refractivity contribution in [3.05, 3.63) is 42.0 Å². The summed E-state index contributed by atoms with van der Waals surface area (Å²) in [5.41, 5.74) is 3.04. The molecule has 0 spiro atoms. The molecule has 4 rings (SSSR count). The zero-order valence-electron chi connectivity index (χ0n) is 17.1. The number of carbonyl (C=O) groups excluding carboxylic acids is 2. The first kappa shape index (κ1) is 19.4. The van der Waals surface area contributed by atoms with Gasteiger partial charge >= 0.3 is 0 Å². The fraction of sp³-hybridized carbons (Fsp3) is 0.524. The van der Waals surface area contributed by atoms with Crippen LogP contribution in [0.1, 0.15) is 37.2 Å². The van der Waals surface area contributed by atoms with Crippen LogP contribution in [-0.2, 0) is 16.1 Å². The molecule has 2 saturated heterocycles. The summed E-state index contributed by atoms with van der Waals surface area (Å²) in [6, 6.07) is 6.06. The second-order valence-electron chi connectivity index (χ2n) is 7.83. The first-order valence-corrected chi connectivity index (χ1v) is 10.3. The topological polar surface area (TPSA) is 74.6 Å². The van der Waals surface area contributed by atoms with Gasteiger partial charge in [-0.05, 0) is 38.0 Å². The smallest absolute Gasteiger partial charge is 0.244 e. The molecule has 29 heavy (non-hydrogen) atoms. The highest BCUT2D eigenvalue weighted by Crippen LogP contribution is 2.33. The number of rotatable bonds is 4. The predicted molar refractivity (Wildman–Crippen MR) is 109 cm³/mol. The van der Waals surface area contributed by atoms with Crippen molar-refractivity contribution in [3.63, 3.8) is 0 Å². The largest absolute Gasteiger partial charge is 0.368 e. The second-order valence-corrected chi connectivity index (χ2v) is 7.83. The quantitative estimate of drug-likeness (QED) is 0.785. The maximum Gasteiger partial charge on any atom is 0.244 e. The molecule has 2 fully saturated rings. The highest BCUT2D eigenvalue weighted by atomic mass is 16.2. The summed E-state index contributed by atoms with van der Waals surface area (Å²) in [7, 11) is 0. The van der Waals surface area contributed by atoms with E-state index in [9.17, 15) is 9.59 Å². The fourth-order valence-corrected chi connectivity index (χ4v) is 4.30. The van der Waals surface area contributed by atoms with Gasteiger partial charge in [0.25, 0.3) is 0 Å². The molecular formula is C21H28N6O2. The molecule has 8 heteroatoms. The maximum atomic E-state index is 12.9. The molecule has 1 atom stereocenters. The van der Waals surface area contributed by atoms with E-state index in [2.05, 4.69) is 22.1 Å². The number of carbonyl (C=O) groups is 2. The van der Waals surface area contributed by atoms with Gasteiger partial charge in [-0.1, -0.05) is 0 Å². The molecule has 0 unspecified atom stereocenters. The average molecular weight is 396 g/mol. The SMILES string of the molecule is CC(=O)N1CCN(c2cc(C)nc([C@H]3CCCN3C(=O)Cn3cccn3)c2)CC1. The summed E-state index contributed by atoms with van der Waals surface area (Å²) in [6.07, 6.45) is 5.41. The van der Waals surface area contributed by atoms with Crippen LogP contribution in [0.25, 0.3) is 0 Å². The maximum absolute atomic E-state index is 12.9. The van der Waals surface area contributed by atoms with Gasteiger partial charge in [-0.25, -0.2) is 0 Å². The summed E-state index contributed by atoms with van der Waals surface area (Å²) in [5.74, 6) is 0.213. The first-order chi connectivity index (χ1) is 14.0. The van der Waals surface area contributed by atoms with Crippen LogP contribution in [0.15, 0.2) is 30.6 Å². The molecule has 0 radical (unpaired) electrons. The van der Waals surface area contributed by atoms with Crippen molar-refractivity contribution < 1.29 is 9.59 Å². The monoisotopic (exact) mass is 396 g/mol. The van der Waals surface area contributed by atoms with Crippen molar-refractivity contribution in [1.29, 1.82) is 0 Å². The van der Waals surface area contributed by atoms with Gasteiger partial charge in [0.05, 0.1) is 11.7 Å². The Hall–Kier alpha value is -2.90. The van der Waals surface area contributed by atoms with Gasteiger partial charge in [0.15, 0.2) is 0 Å². The zero-order chi connectivity index (χ0) is 20.4. The third-order valence-electron chi connectivity index (χ3n) is 5.82. The van der Waals surface area contributed by atoms with Crippen LogP contribution in [0.3, 0.4) is 0 Å². The molecule has 0 N–H and O–H groups in total. The molecule has 2 aliphatic heterocycles. The van der Waals surface area contributed by atoms with E-state index in [4.69, 9.17) is 4.98 Å². The number of pyridine rings is 1. The van der Waals surface area contributed by atoms with Crippen LogP contribution in [0.5, 0.6) is 0 Å². The summed E-state index contributed by atoms with van der Waals surface area (Å²) in [4.78, 5) is 35.4. The standard InChI is InChI=1S/C21H28N6O2/c1-16-13-18(25-11-9-24(10-12-25)17(2)28)14-19(23-16)20-5-3-8-27(20)21(29)15-26-7-4-6-22-26/h4,6-7,13-14,20H,3,5,8-12,15H2,1-2H3/t20-/m1/s1. The van der Waals surface area contributed by atoms with Gasteiger partial charge in [-0.2, -0.15) is 5.10 Å². The van der Waals surface area contributed by atoms with E-state index in [0.29, 0.717) is 0 Å². The summed E-state index contributed by atoms with van der Waals surface area (Å²) < 4.78 is 1.67. The number of hydrogen-bond donors (Lipinski definition) is 0. The normalized spacial score (nSPS) is 19.7. The molecule has 4 heterocycles. The number of anilines is 1. The van der Waals surface area contributed by atoms with E-state index >= 15 is 0 Å². The summed E-state index contributed by atoms with van der Waals surface area (Å²) in [6.45, 7) is 7.75. The van der Waals surface area contributed by atoms with Gasteiger partial charge < -0.3 is 14.7 Å². The van der Waals surface area contributed by atoms with E-state index in [0.717, 1.165) is 62.6 Å². The van der Waals surface area contributed by atoms with Gasteiger partial charge in [0.2, 0.25) is 11.8 Å². The minimum absolute atomic E-state index is 0.00946. The Labute approximate surface area is 171 Å². The number of nitrogens with zero attached hydrogens (tertiary/aromatic N) is 6. The van der Waals surface area contributed by atoms with Crippen molar-refractivity contribution in [3.8, 4) is 0 Å². The molecule has 2 aliphatic rings. The van der Waals surface area contributed by atoms with Crippen molar-refractivity contribution in [2.24, 2.45) is 0 Å². The lowest BCUT2D eigenvalue weighted by Gasteiger charge is -2.36. The van der Waals surface area contributed by atoms with Crippen LogP contribution in [-0.4, -0.2) is 69.1 Å². The fourth-order valence-electron chi connectivity index (χ4n) is 4.30. The van der Waals surface area contributed by atoms with Crippen LogP contribution in [0.4, 0.5) is 5.69 Å². The average Bonchev–Trinajstić information content (AvgIpc) is 3.39. The minimum atomic E-state index is 0.00946. The highest BCUT2D eigenvalue weighted by Gasteiger charge is 2.32. The number of aromatic nitrogens is 3. The number of piperazine rings is 1. The molecule has 154 valence electrons. The van der Waals surface area contributed by atoms with Gasteiger partial charge in [-0.15, -0.1) is 0 Å². The van der Waals surface area contributed by atoms with Crippen molar-refractivity contribution in [2.75, 3.05) is 37.6 Å². The third-order valence-corrected chi connectivity index (χ3v) is 5.82. The lowest BCUT2D eigenvalue weighted by molar-refractivity contribution is -0.133. The first-order valence-electron chi connectivity index (χ1n) is 10.3. The molecule has 2 aromatic heterocycles. The Morgan fingerprint density at radius 3 is 2.62 bits per heavy atom. The molecular weight excluding hydrogens is 368 g/mol. The molecule has 8 nitrogen and oxygen atoms in total. The number of hydrogen-bond acceptors (Lipinski definition) is 5. The molecule has 2 amide bonds. The Bertz CT molecular complexity index is 873. The van der Waals surface area contributed by atoms with Gasteiger partial charge in [0, 0.05) is 63.4 Å². The number of amides is 2. The van der Waals surface area contributed by atoms with E-state index in [1.54, 1.807) is 17.8 Å². The van der Waals surface area contributed by atoms with E-state index in [1.165, 1.54) is 0 Å². The van der Waals surface area contributed by atoms with Crippen molar-refractivity contribution >= 4 is 17.5 Å². The van der Waals surface area contributed by atoms with Crippen LogP contribution in [0, 0.1) is 6.92 Å². The lowest BCUT2D eigenvalue weighted by Crippen LogP contribution is -2.48. The Kier molecular flexibility index (Phi) is 5.51. The molecule has 2 aromatic rings. The Morgan fingerprint density at radius 1 is 1.14 bits per heavy atom. The molecule has 0 aliphatic carbocycles.